The number of aromatic nitrogens is 2. The number of anilines is 2. The Morgan fingerprint density at radius 2 is 1.95 bits per heavy atom. The number of hydrogen-bond acceptors (Lipinski definition) is 10. The summed E-state index contributed by atoms with van der Waals surface area (Å²) < 4.78 is 17.6. The van der Waals surface area contributed by atoms with Crippen LogP contribution in [-0.2, 0) is 10.4 Å². The van der Waals surface area contributed by atoms with Crippen molar-refractivity contribution in [2.45, 2.75) is 38.4 Å². The summed E-state index contributed by atoms with van der Waals surface area (Å²) in [5, 5.41) is 25.8. The van der Waals surface area contributed by atoms with Gasteiger partial charge in [-0.1, -0.05) is 6.58 Å². The number of fused-ring (bicyclic) bond motifs is 1. The van der Waals surface area contributed by atoms with E-state index in [1.54, 1.807) is 63.4 Å². The van der Waals surface area contributed by atoms with E-state index in [4.69, 9.17) is 19.6 Å². The van der Waals surface area contributed by atoms with Gasteiger partial charge in [0, 0.05) is 68.0 Å². The Kier molecular flexibility index (Phi) is 9.08. The molecule has 2 heterocycles. The Hall–Kier alpha value is -4.64. The third kappa shape index (κ3) is 7.12. The van der Waals surface area contributed by atoms with Crippen molar-refractivity contribution in [2.75, 3.05) is 32.6 Å². The minimum absolute atomic E-state index is 0.0528. The molecule has 4 N–H and O–H groups in total. The van der Waals surface area contributed by atoms with Crippen molar-refractivity contribution in [1.82, 2.24) is 20.2 Å². The molecular weight excluding hydrogens is 524 g/mol. The Balaban J connectivity index is 1.63. The van der Waals surface area contributed by atoms with Crippen molar-refractivity contribution >= 4 is 34.2 Å². The smallest absolute Gasteiger partial charge is 0.245 e. The predicted octanol–water partition coefficient (Wildman–Crippen LogP) is 4.25. The van der Waals surface area contributed by atoms with Crippen LogP contribution >= 0.6 is 0 Å². The van der Waals surface area contributed by atoms with E-state index in [1.165, 1.54) is 18.5 Å². The second kappa shape index (κ2) is 12.7. The fourth-order valence-electron chi connectivity index (χ4n) is 4.57. The molecule has 0 spiro atoms. The molecule has 3 aromatic rings. The average molecular weight is 561 g/mol. The van der Waals surface area contributed by atoms with Crippen LogP contribution in [0.2, 0.25) is 0 Å². The van der Waals surface area contributed by atoms with Crippen LogP contribution in [0.5, 0.6) is 17.2 Å². The normalized spacial score (nSPS) is 14.1. The highest BCUT2D eigenvalue weighted by Crippen LogP contribution is 2.38. The summed E-state index contributed by atoms with van der Waals surface area (Å²) in [6.45, 7) is 8.09. The van der Waals surface area contributed by atoms with Gasteiger partial charge in [-0.2, -0.15) is 0 Å². The Bertz CT molecular complexity index is 1460. The molecule has 11 nitrogen and oxygen atoms in total. The van der Waals surface area contributed by atoms with Crippen LogP contribution in [0.4, 0.5) is 11.5 Å². The number of benzene rings is 2. The van der Waals surface area contributed by atoms with E-state index in [0.29, 0.717) is 71.2 Å². The number of rotatable bonds is 10. The molecule has 11 heteroatoms. The van der Waals surface area contributed by atoms with E-state index < -0.39 is 5.60 Å². The number of piperidine rings is 1. The number of carbonyl (C=O) groups excluding carboxylic acids is 1. The monoisotopic (exact) mass is 560 g/mol. The van der Waals surface area contributed by atoms with Gasteiger partial charge in [-0.15, -0.1) is 0 Å². The maximum absolute atomic E-state index is 11.9. The molecule has 0 radical (unpaired) electrons. The molecule has 216 valence electrons. The lowest BCUT2D eigenvalue weighted by atomic mass is 9.96. The van der Waals surface area contributed by atoms with Crippen molar-refractivity contribution in [3.63, 3.8) is 0 Å². The summed E-state index contributed by atoms with van der Waals surface area (Å²) in [4.78, 5) is 22.6. The third-order valence-corrected chi connectivity index (χ3v) is 6.68. The molecule has 1 aliphatic heterocycles. The number of ether oxygens (including phenoxy) is 3. The van der Waals surface area contributed by atoms with Gasteiger partial charge >= 0.3 is 0 Å². The van der Waals surface area contributed by atoms with Gasteiger partial charge in [-0.3, -0.25) is 10.2 Å². The summed E-state index contributed by atoms with van der Waals surface area (Å²) >= 11 is 0. The van der Waals surface area contributed by atoms with E-state index in [-0.39, 0.29) is 17.9 Å². The zero-order chi connectivity index (χ0) is 29.6. The lowest BCUT2D eigenvalue weighted by Gasteiger charge is -2.31. The van der Waals surface area contributed by atoms with Crippen LogP contribution in [0.3, 0.4) is 0 Å². The fourth-order valence-corrected chi connectivity index (χ4v) is 4.57. The van der Waals surface area contributed by atoms with Crippen molar-refractivity contribution in [1.29, 1.82) is 5.41 Å². The average Bonchev–Trinajstić information content (AvgIpc) is 2.96. The van der Waals surface area contributed by atoms with Gasteiger partial charge in [0.2, 0.25) is 11.8 Å². The molecule has 0 unspecified atom stereocenters. The van der Waals surface area contributed by atoms with Crippen molar-refractivity contribution in [3.8, 4) is 17.2 Å². The van der Waals surface area contributed by atoms with E-state index in [1.807, 2.05) is 6.07 Å². The van der Waals surface area contributed by atoms with E-state index >= 15 is 0 Å². The van der Waals surface area contributed by atoms with Gasteiger partial charge in [0.25, 0.3) is 0 Å². The molecule has 1 saturated heterocycles. The molecule has 1 aromatic heterocycles. The summed E-state index contributed by atoms with van der Waals surface area (Å²) in [5.74, 6) is 1.88. The number of likely N-dealkylation sites (tertiary alicyclic amines) is 1. The summed E-state index contributed by atoms with van der Waals surface area (Å²) in [6, 6.07) is 8.81. The van der Waals surface area contributed by atoms with Gasteiger partial charge in [-0.05, 0) is 44.2 Å². The lowest BCUT2D eigenvalue weighted by molar-refractivity contribution is -0.127. The first-order valence-corrected chi connectivity index (χ1v) is 13.3. The molecule has 1 amide bonds. The molecule has 1 fully saturated rings. The van der Waals surface area contributed by atoms with Gasteiger partial charge in [0.1, 0.15) is 24.0 Å². The molecule has 0 atom stereocenters. The number of methoxy groups -OCH3 is 1. The number of nitrogens with zero attached hydrogens (tertiary/aromatic N) is 3. The van der Waals surface area contributed by atoms with Crippen LogP contribution in [0, 0.1) is 5.41 Å². The van der Waals surface area contributed by atoms with Crippen LogP contribution in [0.15, 0.2) is 61.6 Å². The minimum Gasteiger partial charge on any atom is -0.493 e. The van der Waals surface area contributed by atoms with E-state index in [2.05, 4.69) is 27.2 Å². The number of carbonyl (C=O) groups is 1. The highest BCUT2D eigenvalue weighted by molar-refractivity contribution is 5.93. The quantitative estimate of drug-likeness (QED) is 0.163. The van der Waals surface area contributed by atoms with Crippen molar-refractivity contribution < 1.29 is 24.1 Å². The molecule has 0 bridgehead atoms. The molecule has 2 aromatic carbocycles. The largest absolute Gasteiger partial charge is 0.493 e. The van der Waals surface area contributed by atoms with Gasteiger partial charge < -0.3 is 34.9 Å². The highest BCUT2D eigenvalue weighted by atomic mass is 16.5. The summed E-state index contributed by atoms with van der Waals surface area (Å²) in [7, 11) is 3.31. The predicted molar refractivity (Wildman–Crippen MR) is 158 cm³/mol. The van der Waals surface area contributed by atoms with Crippen LogP contribution in [0.1, 0.15) is 32.3 Å². The first-order chi connectivity index (χ1) is 19.6. The number of nitrogens with one attached hydrogen (secondary N) is 3. The highest BCUT2D eigenvalue weighted by Gasteiger charge is 2.25. The molecule has 41 heavy (non-hydrogen) atoms. The maximum atomic E-state index is 11.9. The SMILES string of the molecule is C=CC(=O)N1CCC(Oc2cc3c(Nc4ccc(OC(=N)/C=C\NC)cc4C(C)(C)O)ncnc3cc2OC)CC1. The lowest BCUT2D eigenvalue weighted by Crippen LogP contribution is -2.41. The number of aliphatic hydroxyl groups is 1. The molecule has 1 aliphatic rings. The Labute approximate surface area is 239 Å². The summed E-state index contributed by atoms with van der Waals surface area (Å²) in [5.41, 5.74) is 0.581. The van der Waals surface area contributed by atoms with Crippen molar-refractivity contribution in [2.24, 2.45) is 0 Å². The Morgan fingerprint density at radius 3 is 2.61 bits per heavy atom. The number of hydrogen-bond donors (Lipinski definition) is 4. The third-order valence-electron chi connectivity index (χ3n) is 6.68. The van der Waals surface area contributed by atoms with Gasteiger partial charge in [-0.25, -0.2) is 9.97 Å². The van der Waals surface area contributed by atoms with Gasteiger partial charge in [0.15, 0.2) is 11.5 Å². The fraction of sp³-hybridized carbons (Fsp3) is 0.333. The summed E-state index contributed by atoms with van der Waals surface area (Å²) in [6.07, 6.45) is 7.14. The Morgan fingerprint density at radius 1 is 1.20 bits per heavy atom. The molecule has 4 rings (SSSR count). The molecule has 0 aliphatic carbocycles. The first-order valence-electron chi connectivity index (χ1n) is 13.3. The zero-order valence-corrected chi connectivity index (χ0v) is 23.7. The second-order valence-electron chi connectivity index (χ2n) is 10.1. The van der Waals surface area contributed by atoms with Crippen LogP contribution in [-0.4, -0.2) is 65.1 Å². The van der Waals surface area contributed by atoms with E-state index in [0.717, 1.165) is 0 Å². The molecular formula is C30H36N6O5. The zero-order valence-electron chi connectivity index (χ0n) is 23.7. The van der Waals surface area contributed by atoms with Crippen molar-refractivity contribution in [3.05, 3.63) is 67.2 Å². The minimum atomic E-state index is -1.23. The number of amides is 1. The topological polar surface area (TPSA) is 142 Å². The van der Waals surface area contributed by atoms with E-state index in [9.17, 15) is 9.90 Å². The molecule has 0 saturated carbocycles. The van der Waals surface area contributed by atoms with Crippen LogP contribution < -0.4 is 24.8 Å². The van der Waals surface area contributed by atoms with Crippen LogP contribution in [0.25, 0.3) is 10.9 Å². The van der Waals surface area contributed by atoms with Gasteiger partial charge in [0.05, 0.1) is 18.2 Å². The second-order valence-corrected chi connectivity index (χ2v) is 10.1. The maximum Gasteiger partial charge on any atom is 0.245 e. The standard InChI is InChI=1S/C30H36N6O5/c1-6-28(37)36-13-10-19(11-14-36)40-26-16-21-24(17-25(26)39-5)33-18-34-29(21)35-23-8-7-20(15-22(23)30(2,3)38)41-27(31)9-12-32-4/h6-9,12,15-19,31-32,38H,1,10-11,13-14H2,2-5H3,(H,33,34,35)/b12-9-,31-27?. The first kappa shape index (κ1) is 29.3.